The molecule has 0 aliphatic heterocycles. The highest BCUT2D eigenvalue weighted by Gasteiger charge is 2.74. The fraction of sp³-hybridized carbons (Fsp3) is 0.562. The second kappa shape index (κ2) is 7.81. The van der Waals surface area contributed by atoms with Gasteiger partial charge < -0.3 is 9.84 Å². The SMILES string of the molecule is CCOC(=O)C(O)(CCc1ccccc1)CC(F)(C(F)(F)F)C(F)(F)F. The summed E-state index contributed by atoms with van der Waals surface area (Å²) in [5, 5.41) is 10.2. The summed E-state index contributed by atoms with van der Waals surface area (Å²) in [5.41, 5.74) is -8.65. The Morgan fingerprint density at radius 3 is 1.92 bits per heavy atom. The molecule has 0 aliphatic carbocycles. The molecule has 0 aliphatic rings. The Hall–Kier alpha value is -1.84. The topological polar surface area (TPSA) is 46.5 Å². The Labute approximate surface area is 144 Å². The first-order valence-corrected chi connectivity index (χ1v) is 7.53. The summed E-state index contributed by atoms with van der Waals surface area (Å²) in [4.78, 5) is 11.8. The van der Waals surface area contributed by atoms with Crippen molar-refractivity contribution in [3.63, 3.8) is 0 Å². The lowest BCUT2D eigenvalue weighted by Crippen LogP contribution is -2.59. The maximum absolute atomic E-state index is 14.0. The Morgan fingerprint density at radius 2 is 1.50 bits per heavy atom. The van der Waals surface area contributed by atoms with Crippen LogP contribution in [0.3, 0.4) is 0 Å². The van der Waals surface area contributed by atoms with Gasteiger partial charge in [0, 0.05) is 6.42 Å². The van der Waals surface area contributed by atoms with Crippen LogP contribution in [0.15, 0.2) is 30.3 Å². The summed E-state index contributed by atoms with van der Waals surface area (Å²) >= 11 is 0. The second-order valence-corrected chi connectivity index (χ2v) is 5.71. The van der Waals surface area contributed by atoms with Crippen molar-refractivity contribution < 1.29 is 45.4 Å². The number of hydrogen-bond acceptors (Lipinski definition) is 3. The van der Waals surface area contributed by atoms with Crippen molar-refractivity contribution in [1.82, 2.24) is 0 Å². The molecule has 26 heavy (non-hydrogen) atoms. The van der Waals surface area contributed by atoms with E-state index in [2.05, 4.69) is 4.74 Å². The highest BCUT2D eigenvalue weighted by Crippen LogP contribution is 2.51. The van der Waals surface area contributed by atoms with Gasteiger partial charge in [-0.15, -0.1) is 0 Å². The molecule has 10 heteroatoms. The number of esters is 1. The summed E-state index contributed by atoms with van der Waals surface area (Å²) in [6, 6.07) is 7.68. The average molecular weight is 390 g/mol. The van der Waals surface area contributed by atoms with Gasteiger partial charge in [-0.2, -0.15) is 26.3 Å². The number of benzene rings is 1. The summed E-state index contributed by atoms with van der Waals surface area (Å²) in [6.07, 6.45) is -16.4. The van der Waals surface area contributed by atoms with Crippen molar-refractivity contribution in [2.75, 3.05) is 6.61 Å². The van der Waals surface area contributed by atoms with E-state index in [0.717, 1.165) is 0 Å². The third-order valence-corrected chi connectivity index (χ3v) is 3.76. The zero-order valence-corrected chi connectivity index (χ0v) is 13.6. The molecule has 1 rings (SSSR count). The molecule has 0 heterocycles. The smallest absolute Gasteiger partial charge is 0.431 e. The van der Waals surface area contributed by atoms with Crippen molar-refractivity contribution in [2.24, 2.45) is 0 Å². The molecule has 0 aromatic heterocycles. The number of hydrogen-bond donors (Lipinski definition) is 1. The zero-order chi connectivity index (χ0) is 20.2. The lowest BCUT2D eigenvalue weighted by atomic mass is 9.83. The molecule has 0 bridgehead atoms. The van der Waals surface area contributed by atoms with Crippen molar-refractivity contribution >= 4 is 5.97 Å². The van der Waals surface area contributed by atoms with E-state index in [1.807, 2.05) is 0 Å². The molecule has 1 atom stereocenters. The lowest BCUT2D eigenvalue weighted by Gasteiger charge is -2.36. The number of rotatable bonds is 7. The maximum Gasteiger partial charge on any atom is 0.431 e. The van der Waals surface area contributed by atoms with E-state index in [0.29, 0.717) is 5.56 Å². The Morgan fingerprint density at radius 1 is 1.00 bits per heavy atom. The number of aryl methyl sites for hydroxylation is 1. The number of carbonyl (C=O) groups is 1. The second-order valence-electron chi connectivity index (χ2n) is 5.71. The van der Waals surface area contributed by atoms with Gasteiger partial charge in [0.25, 0.3) is 0 Å². The highest BCUT2D eigenvalue weighted by atomic mass is 19.4. The normalized spacial score (nSPS) is 15.4. The largest absolute Gasteiger partial charge is 0.464 e. The first-order chi connectivity index (χ1) is 11.8. The van der Waals surface area contributed by atoms with Crippen LogP contribution in [0.2, 0.25) is 0 Å². The lowest BCUT2D eigenvalue weighted by molar-refractivity contribution is -0.351. The molecule has 1 aromatic rings. The Balaban J connectivity index is 3.21. The zero-order valence-electron chi connectivity index (χ0n) is 13.6. The van der Waals surface area contributed by atoms with Crippen LogP contribution in [0.25, 0.3) is 0 Å². The van der Waals surface area contributed by atoms with Gasteiger partial charge in [-0.1, -0.05) is 30.3 Å². The van der Waals surface area contributed by atoms with Gasteiger partial charge in [-0.05, 0) is 25.3 Å². The summed E-state index contributed by atoms with van der Waals surface area (Å²) < 4.78 is 95.1. The van der Waals surface area contributed by atoms with Crippen molar-refractivity contribution in [1.29, 1.82) is 0 Å². The minimum atomic E-state index is -6.38. The number of ether oxygens (including phenoxy) is 1. The standard InChI is InChI=1S/C16H17F7O3/c1-2-26-12(24)13(25,9-8-11-6-4-3-5-7-11)10-14(17,15(18,19)20)16(21,22)23/h3-7,25H,2,8-10H2,1H3. The fourth-order valence-electron chi connectivity index (χ4n) is 2.29. The Bertz CT molecular complexity index is 584. The van der Waals surface area contributed by atoms with Crippen LogP contribution in [0.5, 0.6) is 0 Å². The third kappa shape index (κ3) is 4.87. The maximum atomic E-state index is 14.0. The molecule has 0 saturated heterocycles. The van der Waals surface area contributed by atoms with E-state index in [9.17, 15) is 40.6 Å². The van der Waals surface area contributed by atoms with Crippen LogP contribution < -0.4 is 0 Å². The molecule has 148 valence electrons. The predicted octanol–water partition coefficient (Wildman–Crippen LogP) is 4.14. The summed E-state index contributed by atoms with van der Waals surface area (Å²) in [5.74, 6) is -1.74. The van der Waals surface area contributed by atoms with Gasteiger partial charge in [0.2, 0.25) is 0 Å². The van der Waals surface area contributed by atoms with Crippen LogP contribution in [0.4, 0.5) is 30.7 Å². The Kier molecular flexibility index (Phi) is 6.67. The molecular formula is C16H17F7O3. The molecule has 0 spiro atoms. The van der Waals surface area contributed by atoms with Crippen LogP contribution in [0, 0.1) is 0 Å². The highest BCUT2D eigenvalue weighted by molar-refractivity contribution is 5.79. The van der Waals surface area contributed by atoms with Gasteiger partial charge in [0.1, 0.15) is 0 Å². The van der Waals surface area contributed by atoms with Gasteiger partial charge in [-0.3, -0.25) is 0 Å². The van der Waals surface area contributed by atoms with Crippen LogP contribution in [-0.4, -0.2) is 41.3 Å². The van der Waals surface area contributed by atoms with E-state index in [1.165, 1.54) is 19.1 Å². The number of carbonyl (C=O) groups excluding carboxylic acids is 1. The van der Waals surface area contributed by atoms with Gasteiger partial charge in [-0.25, -0.2) is 9.18 Å². The molecule has 1 aromatic carbocycles. The minimum absolute atomic E-state index is 0.262. The molecule has 0 amide bonds. The summed E-state index contributed by atoms with van der Waals surface area (Å²) in [6.45, 7) is 0.829. The van der Waals surface area contributed by atoms with Crippen LogP contribution in [0.1, 0.15) is 25.3 Å². The van der Waals surface area contributed by atoms with Crippen LogP contribution >= 0.6 is 0 Å². The third-order valence-electron chi connectivity index (χ3n) is 3.76. The first kappa shape index (κ1) is 22.2. The van der Waals surface area contributed by atoms with Crippen LogP contribution in [-0.2, 0) is 16.0 Å². The quantitative estimate of drug-likeness (QED) is 0.563. The van der Waals surface area contributed by atoms with E-state index >= 15 is 0 Å². The van der Waals surface area contributed by atoms with Gasteiger partial charge in [0.05, 0.1) is 6.61 Å². The van der Waals surface area contributed by atoms with E-state index < -0.39 is 49.0 Å². The fourth-order valence-corrected chi connectivity index (χ4v) is 2.29. The molecule has 1 unspecified atom stereocenters. The van der Waals surface area contributed by atoms with E-state index in [4.69, 9.17) is 0 Å². The number of halogens is 7. The molecule has 0 fully saturated rings. The predicted molar refractivity (Wildman–Crippen MR) is 76.9 cm³/mol. The van der Waals surface area contributed by atoms with E-state index in [-0.39, 0.29) is 6.42 Å². The van der Waals surface area contributed by atoms with Gasteiger partial charge >= 0.3 is 24.0 Å². The van der Waals surface area contributed by atoms with Crippen molar-refractivity contribution in [2.45, 2.75) is 49.8 Å². The van der Waals surface area contributed by atoms with Crippen molar-refractivity contribution in [3.8, 4) is 0 Å². The number of aliphatic hydroxyl groups is 1. The molecule has 3 nitrogen and oxygen atoms in total. The minimum Gasteiger partial charge on any atom is -0.464 e. The average Bonchev–Trinajstić information content (AvgIpc) is 2.52. The molecular weight excluding hydrogens is 373 g/mol. The first-order valence-electron chi connectivity index (χ1n) is 7.53. The van der Waals surface area contributed by atoms with Crippen molar-refractivity contribution in [3.05, 3.63) is 35.9 Å². The summed E-state index contributed by atoms with van der Waals surface area (Å²) in [7, 11) is 0. The number of alkyl halides is 7. The monoisotopic (exact) mass is 390 g/mol. The molecule has 1 N–H and O–H groups in total. The molecule has 0 saturated carbocycles. The van der Waals surface area contributed by atoms with Gasteiger partial charge in [0.15, 0.2) is 5.60 Å². The molecule has 0 radical (unpaired) electrons. The van der Waals surface area contributed by atoms with E-state index in [1.54, 1.807) is 18.2 Å².